The number of nitrogens with zero attached hydrogens (tertiary/aromatic N) is 3. The number of nitrogens with one attached hydrogen (secondary N) is 1. The van der Waals surface area contributed by atoms with Gasteiger partial charge in [-0.3, -0.25) is 4.79 Å². The van der Waals surface area contributed by atoms with E-state index in [-0.39, 0.29) is 16.7 Å². The summed E-state index contributed by atoms with van der Waals surface area (Å²) in [4.78, 5) is 13.0. The fourth-order valence-electron chi connectivity index (χ4n) is 6.17. The first kappa shape index (κ1) is 17.1. The van der Waals surface area contributed by atoms with E-state index >= 15 is 0 Å². The highest BCUT2D eigenvalue weighted by atomic mass is 32.2. The van der Waals surface area contributed by atoms with E-state index in [1.165, 1.54) is 51.4 Å². The van der Waals surface area contributed by atoms with Crippen molar-refractivity contribution in [1.29, 1.82) is 0 Å². The number of hydrogen-bond donors (Lipinski definition) is 1. The summed E-state index contributed by atoms with van der Waals surface area (Å²) in [6, 6.07) is 0. The van der Waals surface area contributed by atoms with Crippen LogP contribution in [-0.4, -0.2) is 31.5 Å². The van der Waals surface area contributed by atoms with Crippen LogP contribution in [0.15, 0.2) is 5.16 Å². The van der Waals surface area contributed by atoms with Gasteiger partial charge < -0.3 is 9.88 Å². The second-order valence-corrected chi connectivity index (χ2v) is 10.6. The van der Waals surface area contributed by atoms with Gasteiger partial charge in [0.15, 0.2) is 5.16 Å². The fourth-order valence-corrected chi connectivity index (χ4v) is 7.09. The van der Waals surface area contributed by atoms with Crippen molar-refractivity contribution in [3.8, 4) is 0 Å². The van der Waals surface area contributed by atoms with Crippen molar-refractivity contribution in [3.63, 3.8) is 0 Å². The Hall–Kier alpha value is -1.04. The molecule has 0 aliphatic heterocycles. The number of aromatic nitrogens is 3. The molecule has 1 aromatic heterocycles. The van der Waals surface area contributed by atoms with Crippen molar-refractivity contribution in [2.24, 2.45) is 17.8 Å². The summed E-state index contributed by atoms with van der Waals surface area (Å²) < 4.78 is 2.21. The minimum atomic E-state index is -0.121. The van der Waals surface area contributed by atoms with Gasteiger partial charge in [-0.15, -0.1) is 10.2 Å². The summed E-state index contributed by atoms with van der Waals surface area (Å²) in [5.74, 6) is 4.46. The molecule has 4 bridgehead atoms. The number of thioether (sulfide) groups is 1. The maximum Gasteiger partial charge on any atom is 0.233 e. The van der Waals surface area contributed by atoms with Crippen LogP contribution < -0.4 is 5.32 Å². The van der Waals surface area contributed by atoms with Gasteiger partial charge in [-0.25, -0.2) is 0 Å². The van der Waals surface area contributed by atoms with Gasteiger partial charge >= 0.3 is 0 Å². The average Bonchev–Trinajstić information content (AvgIpc) is 3.34. The van der Waals surface area contributed by atoms with Crippen LogP contribution in [0.25, 0.3) is 0 Å². The topological polar surface area (TPSA) is 59.8 Å². The van der Waals surface area contributed by atoms with E-state index in [1.807, 2.05) is 6.92 Å². The Morgan fingerprint density at radius 2 is 1.81 bits per heavy atom. The number of rotatable bonds is 6. The van der Waals surface area contributed by atoms with Gasteiger partial charge in [-0.2, -0.15) is 0 Å². The lowest BCUT2D eigenvalue weighted by Crippen LogP contribution is -2.60. The molecule has 1 amide bonds. The van der Waals surface area contributed by atoms with E-state index in [1.54, 1.807) is 11.8 Å². The first-order chi connectivity index (χ1) is 12.5. The van der Waals surface area contributed by atoms with E-state index in [9.17, 15) is 4.79 Å². The molecule has 5 fully saturated rings. The van der Waals surface area contributed by atoms with E-state index in [0.29, 0.717) is 5.92 Å². The zero-order valence-electron chi connectivity index (χ0n) is 15.9. The molecule has 6 heteroatoms. The summed E-state index contributed by atoms with van der Waals surface area (Å²) in [5, 5.41) is 13.1. The molecule has 0 spiro atoms. The highest BCUT2D eigenvalue weighted by molar-refractivity contribution is 8.00. The van der Waals surface area contributed by atoms with E-state index in [4.69, 9.17) is 0 Å². The van der Waals surface area contributed by atoms with Crippen LogP contribution in [-0.2, 0) is 11.3 Å². The number of hydrogen-bond acceptors (Lipinski definition) is 4. The first-order valence-corrected chi connectivity index (χ1v) is 11.3. The predicted octanol–water partition coefficient (Wildman–Crippen LogP) is 3.74. The summed E-state index contributed by atoms with van der Waals surface area (Å²) >= 11 is 1.57. The Morgan fingerprint density at radius 3 is 2.35 bits per heavy atom. The van der Waals surface area contributed by atoms with Crippen LogP contribution in [0.2, 0.25) is 0 Å². The summed E-state index contributed by atoms with van der Waals surface area (Å²) in [7, 11) is 0. The molecule has 5 aliphatic carbocycles. The minimum absolute atomic E-state index is 0.0955. The first-order valence-electron chi connectivity index (χ1n) is 10.5. The highest BCUT2D eigenvalue weighted by Gasteiger charge is 2.51. The Morgan fingerprint density at radius 1 is 1.19 bits per heavy atom. The van der Waals surface area contributed by atoms with Crippen molar-refractivity contribution in [1.82, 2.24) is 20.1 Å². The van der Waals surface area contributed by atoms with Crippen molar-refractivity contribution in [2.45, 2.75) is 93.6 Å². The molecule has 1 N–H and O–H groups in total. The third-order valence-corrected chi connectivity index (χ3v) is 8.16. The lowest BCUT2D eigenvalue weighted by Gasteiger charge is -2.57. The largest absolute Gasteiger partial charge is 0.350 e. The molecule has 0 radical (unpaired) electrons. The monoisotopic (exact) mass is 374 g/mol. The molecule has 5 aliphatic rings. The van der Waals surface area contributed by atoms with Crippen LogP contribution in [0.4, 0.5) is 0 Å². The van der Waals surface area contributed by atoms with Gasteiger partial charge in [0.25, 0.3) is 0 Å². The van der Waals surface area contributed by atoms with Gasteiger partial charge in [-0.1, -0.05) is 11.8 Å². The van der Waals surface area contributed by atoms with Gasteiger partial charge in [-0.05, 0) is 83.0 Å². The van der Waals surface area contributed by atoms with E-state index in [0.717, 1.165) is 35.3 Å². The second kappa shape index (κ2) is 6.25. The maximum absolute atomic E-state index is 13.0. The molecule has 1 aromatic rings. The third-order valence-electron chi connectivity index (χ3n) is 7.08. The Balaban J connectivity index is 1.26. The average molecular weight is 375 g/mol. The molecule has 0 saturated heterocycles. The molecule has 5 saturated carbocycles. The molecule has 0 aromatic carbocycles. The SMILES string of the molecule is CCn1c(S[C@@H](C)C(=O)NC23CC4CC(CC(C4)C2)C3)nnc1C1CC1. The fraction of sp³-hybridized carbons (Fsp3) is 0.850. The molecule has 6 rings (SSSR count). The van der Waals surface area contributed by atoms with Crippen LogP contribution in [0.3, 0.4) is 0 Å². The van der Waals surface area contributed by atoms with Crippen LogP contribution >= 0.6 is 11.8 Å². The second-order valence-electron chi connectivity index (χ2n) is 9.31. The van der Waals surface area contributed by atoms with Crippen LogP contribution in [0.1, 0.15) is 77.0 Å². The summed E-state index contributed by atoms with van der Waals surface area (Å²) in [6.07, 6.45) is 10.3. The summed E-state index contributed by atoms with van der Waals surface area (Å²) in [5.41, 5.74) is 0.0955. The van der Waals surface area contributed by atoms with Crippen molar-refractivity contribution >= 4 is 17.7 Å². The zero-order valence-corrected chi connectivity index (χ0v) is 16.7. The third kappa shape index (κ3) is 2.98. The maximum atomic E-state index is 13.0. The molecule has 0 unspecified atom stereocenters. The smallest absolute Gasteiger partial charge is 0.233 e. The number of carbonyl (C=O) groups is 1. The standard InChI is InChI=1S/C20H30N4OS/c1-3-24-17(16-4-5-16)22-23-19(24)26-12(2)18(25)21-20-9-13-6-14(10-20)8-15(7-13)11-20/h12-16H,3-11H2,1-2H3,(H,21,25)/t12-,13?,14?,15?,20?/m0/s1. The van der Waals surface area contributed by atoms with Crippen LogP contribution in [0.5, 0.6) is 0 Å². The number of carbonyl (C=O) groups excluding carboxylic acids is 1. The van der Waals surface area contributed by atoms with Crippen molar-refractivity contribution in [3.05, 3.63) is 5.82 Å². The van der Waals surface area contributed by atoms with Crippen molar-refractivity contribution in [2.75, 3.05) is 0 Å². The van der Waals surface area contributed by atoms with Gasteiger partial charge in [0.1, 0.15) is 5.82 Å². The molecule has 1 heterocycles. The molecule has 5 nitrogen and oxygen atoms in total. The van der Waals surface area contributed by atoms with E-state index < -0.39 is 0 Å². The van der Waals surface area contributed by atoms with Gasteiger partial charge in [0.05, 0.1) is 5.25 Å². The zero-order chi connectivity index (χ0) is 17.9. The molecular weight excluding hydrogens is 344 g/mol. The molecular formula is C20H30N4OS. The molecule has 1 atom stereocenters. The van der Waals surface area contributed by atoms with Gasteiger partial charge in [0.2, 0.25) is 5.91 Å². The predicted molar refractivity (Wildman–Crippen MR) is 102 cm³/mol. The molecule has 26 heavy (non-hydrogen) atoms. The van der Waals surface area contributed by atoms with Gasteiger partial charge in [0, 0.05) is 18.0 Å². The summed E-state index contributed by atoms with van der Waals surface area (Å²) in [6.45, 7) is 5.04. The van der Waals surface area contributed by atoms with E-state index in [2.05, 4.69) is 27.0 Å². The Labute approximate surface area is 160 Å². The minimum Gasteiger partial charge on any atom is -0.350 e. The lowest BCUT2D eigenvalue weighted by atomic mass is 9.53. The Kier molecular flexibility index (Phi) is 4.11. The highest BCUT2D eigenvalue weighted by Crippen LogP contribution is 2.55. The normalized spacial score (nSPS) is 36.3. The Bertz CT molecular complexity index is 675. The van der Waals surface area contributed by atoms with Crippen LogP contribution in [0, 0.1) is 17.8 Å². The quantitative estimate of drug-likeness (QED) is 0.771. The lowest BCUT2D eigenvalue weighted by molar-refractivity contribution is -0.126. The van der Waals surface area contributed by atoms with Crippen molar-refractivity contribution < 1.29 is 4.79 Å². The molecule has 142 valence electrons. The number of amides is 1.